The Bertz CT molecular complexity index is 429. The molecule has 1 fully saturated rings. The molecule has 2 heterocycles. The van der Waals surface area contributed by atoms with E-state index in [2.05, 4.69) is 20.0 Å². The van der Waals surface area contributed by atoms with Gasteiger partial charge in [-0.3, -0.25) is 9.71 Å². The summed E-state index contributed by atoms with van der Waals surface area (Å²) in [5, 5.41) is 3.09. The third-order valence-corrected chi connectivity index (χ3v) is 3.72. The van der Waals surface area contributed by atoms with Gasteiger partial charge < -0.3 is 5.32 Å². The Hall–Kier alpha value is -1.25. The third kappa shape index (κ3) is 2.65. The molecule has 2 N–H and O–H groups in total. The van der Waals surface area contributed by atoms with Crippen LogP contribution in [-0.2, 0) is 10.2 Å². The summed E-state index contributed by atoms with van der Waals surface area (Å²) in [6, 6.07) is 0. The molecule has 0 radical (unpaired) electrons. The molecule has 1 aromatic rings. The van der Waals surface area contributed by atoms with Crippen molar-refractivity contribution in [2.45, 2.75) is 0 Å². The van der Waals surface area contributed by atoms with Crippen LogP contribution in [-0.4, -0.2) is 48.9 Å². The fourth-order valence-corrected chi connectivity index (χ4v) is 2.60. The van der Waals surface area contributed by atoms with Gasteiger partial charge in [0.25, 0.3) is 0 Å². The first kappa shape index (κ1) is 11.2. The SMILES string of the molecule is O=S(=O)(Nc1cnccn1)N1CCNCC1. The first-order valence-electron chi connectivity index (χ1n) is 4.93. The number of aromatic nitrogens is 2. The quantitative estimate of drug-likeness (QED) is 0.714. The summed E-state index contributed by atoms with van der Waals surface area (Å²) in [6.07, 6.45) is 4.30. The molecule has 1 aliphatic heterocycles. The van der Waals surface area contributed by atoms with Gasteiger partial charge in [-0.05, 0) is 0 Å². The van der Waals surface area contributed by atoms with Crippen LogP contribution in [0, 0.1) is 0 Å². The first-order valence-corrected chi connectivity index (χ1v) is 6.37. The van der Waals surface area contributed by atoms with E-state index in [1.165, 1.54) is 22.9 Å². The molecule has 0 spiro atoms. The maximum Gasteiger partial charge on any atom is 0.302 e. The number of hydrogen-bond acceptors (Lipinski definition) is 5. The van der Waals surface area contributed by atoms with Gasteiger partial charge in [0.2, 0.25) is 0 Å². The summed E-state index contributed by atoms with van der Waals surface area (Å²) < 4.78 is 27.5. The van der Waals surface area contributed by atoms with Gasteiger partial charge in [0.05, 0.1) is 6.20 Å². The van der Waals surface area contributed by atoms with Crippen molar-refractivity contribution in [3.8, 4) is 0 Å². The van der Waals surface area contributed by atoms with E-state index in [0.717, 1.165) is 0 Å². The molecular weight excluding hydrogens is 230 g/mol. The number of hydrogen-bond donors (Lipinski definition) is 2. The summed E-state index contributed by atoms with van der Waals surface area (Å²) in [5.41, 5.74) is 0. The predicted molar refractivity (Wildman–Crippen MR) is 59.0 cm³/mol. The Labute approximate surface area is 94.1 Å². The van der Waals surface area contributed by atoms with Crippen molar-refractivity contribution in [1.29, 1.82) is 0 Å². The Kier molecular flexibility index (Phi) is 3.32. The molecular formula is C8H13N5O2S. The molecule has 2 rings (SSSR count). The lowest BCUT2D eigenvalue weighted by molar-refractivity contribution is 0.362. The average Bonchev–Trinajstić information content (AvgIpc) is 2.31. The van der Waals surface area contributed by atoms with Crippen molar-refractivity contribution in [1.82, 2.24) is 19.6 Å². The van der Waals surface area contributed by atoms with Gasteiger partial charge in [-0.15, -0.1) is 0 Å². The van der Waals surface area contributed by atoms with Gasteiger partial charge in [0.15, 0.2) is 5.82 Å². The zero-order valence-electron chi connectivity index (χ0n) is 8.63. The first-order chi connectivity index (χ1) is 7.68. The summed E-state index contributed by atoms with van der Waals surface area (Å²) in [7, 11) is -3.50. The Morgan fingerprint density at radius 1 is 1.31 bits per heavy atom. The van der Waals surface area contributed by atoms with Crippen molar-refractivity contribution in [2.75, 3.05) is 30.9 Å². The standard InChI is InChI=1S/C8H13N5O2S/c14-16(15,13-5-3-9-4-6-13)12-8-7-10-1-2-11-8/h1-2,7,9H,3-6H2,(H,11,12). The van der Waals surface area contributed by atoms with E-state index < -0.39 is 10.2 Å². The number of nitrogens with zero attached hydrogens (tertiary/aromatic N) is 3. The van der Waals surface area contributed by atoms with Crippen LogP contribution in [0.15, 0.2) is 18.6 Å². The molecule has 1 aromatic heterocycles. The summed E-state index contributed by atoms with van der Waals surface area (Å²) in [6.45, 7) is 2.27. The van der Waals surface area contributed by atoms with Crippen molar-refractivity contribution < 1.29 is 8.42 Å². The third-order valence-electron chi connectivity index (χ3n) is 2.21. The number of piperazine rings is 1. The molecule has 7 nitrogen and oxygen atoms in total. The molecule has 0 amide bonds. The lowest BCUT2D eigenvalue weighted by Gasteiger charge is -2.26. The van der Waals surface area contributed by atoms with Crippen LogP contribution in [0.5, 0.6) is 0 Å². The molecule has 16 heavy (non-hydrogen) atoms. The highest BCUT2D eigenvalue weighted by Gasteiger charge is 2.23. The van der Waals surface area contributed by atoms with Gasteiger partial charge in [-0.2, -0.15) is 12.7 Å². The molecule has 0 unspecified atom stereocenters. The Balaban J connectivity index is 2.08. The van der Waals surface area contributed by atoms with Crippen molar-refractivity contribution >= 4 is 16.0 Å². The smallest absolute Gasteiger partial charge is 0.302 e. The highest BCUT2D eigenvalue weighted by atomic mass is 32.2. The van der Waals surface area contributed by atoms with Crippen LogP contribution in [0.3, 0.4) is 0 Å². The molecule has 0 bridgehead atoms. The zero-order chi connectivity index (χ0) is 11.4. The van der Waals surface area contributed by atoms with Gasteiger partial charge in [-0.25, -0.2) is 4.98 Å². The van der Waals surface area contributed by atoms with Crippen LogP contribution in [0.2, 0.25) is 0 Å². The average molecular weight is 243 g/mol. The maximum absolute atomic E-state index is 11.9. The lowest BCUT2D eigenvalue weighted by atomic mass is 10.4. The highest BCUT2D eigenvalue weighted by molar-refractivity contribution is 7.90. The van der Waals surface area contributed by atoms with Crippen molar-refractivity contribution in [2.24, 2.45) is 0 Å². The molecule has 0 aromatic carbocycles. The number of nitrogens with one attached hydrogen (secondary N) is 2. The second-order valence-electron chi connectivity index (χ2n) is 3.35. The molecule has 88 valence electrons. The summed E-state index contributed by atoms with van der Waals surface area (Å²) >= 11 is 0. The van der Waals surface area contributed by atoms with E-state index in [0.29, 0.717) is 26.2 Å². The van der Waals surface area contributed by atoms with Crippen LogP contribution in [0.25, 0.3) is 0 Å². The van der Waals surface area contributed by atoms with Crippen LogP contribution in [0.4, 0.5) is 5.82 Å². The maximum atomic E-state index is 11.9. The Morgan fingerprint density at radius 3 is 2.69 bits per heavy atom. The largest absolute Gasteiger partial charge is 0.314 e. The minimum absolute atomic E-state index is 0.237. The Morgan fingerprint density at radius 2 is 2.06 bits per heavy atom. The van der Waals surface area contributed by atoms with E-state index in [9.17, 15) is 8.42 Å². The van der Waals surface area contributed by atoms with E-state index in [1.807, 2.05) is 0 Å². The minimum atomic E-state index is -3.50. The van der Waals surface area contributed by atoms with Crippen molar-refractivity contribution in [3.05, 3.63) is 18.6 Å². The molecule has 8 heteroatoms. The molecule has 1 aliphatic rings. The number of rotatable bonds is 3. The monoisotopic (exact) mass is 243 g/mol. The predicted octanol–water partition coefficient (Wildman–Crippen LogP) is -0.961. The van der Waals surface area contributed by atoms with Gasteiger partial charge >= 0.3 is 10.2 Å². The van der Waals surface area contributed by atoms with Crippen LogP contribution in [0.1, 0.15) is 0 Å². The fraction of sp³-hybridized carbons (Fsp3) is 0.500. The lowest BCUT2D eigenvalue weighted by Crippen LogP contribution is -2.48. The number of anilines is 1. The van der Waals surface area contributed by atoms with Gasteiger partial charge in [0.1, 0.15) is 0 Å². The second-order valence-corrected chi connectivity index (χ2v) is 5.02. The van der Waals surface area contributed by atoms with Crippen molar-refractivity contribution in [3.63, 3.8) is 0 Å². The van der Waals surface area contributed by atoms with E-state index in [4.69, 9.17) is 0 Å². The molecule has 1 saturated heterocycles. The summed E-state index contributed by atoms with van der Waals surface area (Å²) in [5.74, 6) is 0.237. The normalized spacial score (nSPS) is 18.2. The van der Waals surface area contributed by atoms with Gasteiger partial charge in [-0.1, -0.05) is 0 Å². The van der Waals surface area contributed by atoms with E-state index in [-0.39, 0.29) is 5.82 Å². The molecule has 0 saturated carbocycles. The van der Waals surface area contributed by atoms with E-state index in [1.54, 1.807) is 0 Å². The topological polar surface area (TPSA) is 87.2 Å². The summed E-state index contributed by atoms with van der Waals surface area (Å²) in [4.78, 5) is 7.66. The molecule has 0 atom stereocenters. The zero-order valence-corrected chi connectivity index (χ0v) is 9.44. The second kappa shape index (κ2) is 4.73. The molecule has 0 aliphatic carbocycles. The van der Waals surface area contributed by atoms with E-state index >= 15 is 0 Å². The fourth-order valence-electron chi connectivity index (χ4n) is 1.43. The minimum Gasteiger partial charge on any atom is -0.314 e. The van der Waals surface area contributed by atoms with Crippen LogP contribution >= 0.6 is 0 Å². The van der Waals surface area contributed by atoms with Gasteiger partial charge in [0, 0.05) is 38.6 Å². The van der Waals surface area contributed by atoms with Crippen LogP contribution < -0.4 is 10.0 Å². The highest BCUT2D eigenvalue weighted by Crippen LogP contribution is 2.07.